The summed E-state index contributed by atoms with van der Waals surface area (Å²) in [6, 6.07) is 5.44. The quantitative estimate of drug-likeness (QED) is 0.846. The molecule has 0 aromatic carbocycles. The van der Waals surface area contributed by atoms with Gasteiger partial charge in [0.25, 0.3) is 0 Å². The van der Waals surface area contributed by atoms with Crippen LogP contribution in [-0.2, 0) is 0 Å². The fourth-order valence-electron chi connectivity index (χ4n) is 3.20. The van der Waals surface area contributed by atoms with Gasteiger partial charge in [0, 0.05) is 17.5 Å². The Morgan fingerprint density at radius 3 is 2.80 bits per heavy atom. The van der Waals surface area contributed by atoms with Gasteiger partial charge in [-0.1, -0.05) is 6.07 Å². The van der Waals surface area contributed by atoms with E-state index in [1.807, 2.05) is 11.3 Å². The molecule has 1 atom stereocenters. The van der Waals surface area contributed by atoms with Gasteiger partial charge in [-0.25, -0.2) is 0 Å². The van der Waals surface area contributed by atoms with Crippen molar-refractivity contribution in [3.63, 3.8) is 0 Å². The summed E-state index contributed by atoms with van der Waals surface area (Å²) in [7, 11) is 2.20. The summed E-state index contributed by atoms with van der Waals surface area (Å²) >= 11 is 7.53. The average Bonchev–Trinajstić information content (AvgIpc) is 3.11. The van der Waals surface area contributed by atoms with Crippen LogP contribution in [0.15, 0.2) is 17.5 Å². The Labute approximate surface area is 131 Å². The van der Waals surface area contributed by atoms with E-state index in [0.717, 1.165) is 11.7 Å². The first-order valence-corrected chi connectivity index (χ1v) is 8.82. The maximum absolute atomic E-state index is 5.68. The third-order valence-corrected chi connectivity index (χ3v) is 5.76. The van der Waals surface area contributed by atoms with Crippen LogP contribution < -0.4 is 5.32 Å². The van der Waals surface area contributed by atoms with Crippen LogP contribution in [0.3, 0.4) is 0 Å². The monoisotopic (exact) mass is 309 g/mol. The lowest BCUT2D eigenvalue weighted by atomic mass is 10.1. The van der Waals surface area contributed by atoms with Gasteiger partial charge in [-0.05, 0) is 69.5 Å². The van der Waals surface area contributed by atoms with Crippen LogP contribution in [0.5, 0.6) is 0 Å². The van der Waals surface area contributed by atoms with E-state index < -0.39 is 0 Å². The minimum absolute atomic E-state index is 0.501. The van der Waals surface area contributed by atoms with Crippen molar-refractivity contribution < 1.29 is 0 Å². The summed E-state index contributed by atoms with van der Waals surface area (Å²) in [4.78, 5) is 6.25. The summed E-state index contributed by atoms with van der Waals surface area (Å²) in [5, 5.41) is 6.74. The molecule has 2 saturated heterocycles. The Balaban J connectivity index is 1.59. The van der Waals surface area contributed by atoms with Crippen molar-refractivity contribution in [3.05, 3.63) is 22.4 Å². The number of rotatable bonds is 2. The number of thiophene rings is 1. The van der Waals surface area contributed by atoms with Crippen molar-refractivity contribution in [1.29, 1.82) is 0 Å². The molecule has 3 heterocycles. The number of thiocarbonyl (C=S) groups is 1. The summed E-state index contributed by atoms with van der Waals surface area (Å²) in [6.45, 7) is 3.45. The first kappa shape index (κ1) is 14.3. The first-order valence-electron chi connectivity index (χ1n) is 7.53. The highest BCUT2D eigenvalue weighted by Crippen LogP contribution is 2.34. The summed E-state index contributed by atoms with van der Waals surface area (Å²) in [5.41, 5.74) is 0. The van der Waals surface area contributed by atoms with Crippen molar-refractivity contribution in [1.82, 2.24) is 15.1 Å². The van der Waals surface area contributed by atoms with Gasteiger partial charge in [0.1, 0.15) is 0 Å². The van der Waals surface area contributed by atoms with E-state index in [1.54, 1.807) is 0 Å². The molecular weight excluding hydrogens is 286 g/mol. The fraction of sp³-hybridized carbons (Fsp3) is 0.667. The van der Waals surface area contributed by atoms with E-state index in [9.17, 15) is 0 Å². The second-order valence-electron chi connectivity index (χ2n) is 5.89. The Hall–Kier alpha value is -0.650. The van der Waals surface area contributed by atoms with Crippen molar-refractivity contribution in [2.75, 3.05) is 26.7 Å². The molecule has 1 aromatic rings. The second-order valence-corrected chi connectivity index (χ2v) is 7.26. The summed E-state index contributed by atoms with van der Waals surface area (Å²) in [6.07, 6.45) is 4.88. The molecule has 1 aromatic heterocycles. The fourth-order valence-corrected chi connectivity index (χ4v) is 4.46. The van der Waals surface area contributed by atoms with E-state index in [-0.39, 0.29) is 0 Å². The zero-order valence-corrected chi connectivity index (χ0v) is 13.7. The van der Waals surface area contributed by atoms with Crippen LogP contribution in [-0.4, -0.2) is 47.6 Å². The number of nitrogens with zero attached hydrogens (tertiary/aromatic N) is 2. The Kier molecular flexibility index (Phi) is 4.58. The highest BCUT2D eigenvalue weighted by atomic mass is 32.1. The maximum Gasteiger partial charge on any atom is 0.169 e. The van der Waals surface area contributed by atoms with Crippen LogP contribution in [0.1, 0.15) is 36.6 Å². The number of hydrogen-bond donors (Lipinski definition) is 1. The standard InChI is InChI=1S/C15H23N3S2/c1-17-9-6-12(7-10-17)16-15(19)18-8-2-4-13(18)14-5-3-11-20-14/h3,5,11-13H,2,4,6-10H2,1H3,(H,16,19)/t13-/m1/s1. The predicted octanol–water partition coefficient (Wildman–Crippen LogP) is 2.85. The third-order valence-electron chi connectivity index (χ3n) is 4.43. The third kappa shape index (κ3) is 3.15. The molecule has 0 amide bonds. The number of piperidine rings is 1. The molecule has 2 aliphatic rings. The van der Waals surface area contributed by atoms with Crippen LogP contribution >= 0.6 is 23.6 Å². The zero-order chi connectivity index (χ0) is 13.9. The molecule has 20 heavy (non-hydrogen) atoms. The molecule has 0 spiro atoms. The number of nitrogens with one attached hydrogen (secondary N) is 1. The molecule has 0 radical (unpaired) electrons. The molecule has 2 fully saturated rings. The average molecular weight is 310 g/mol. The number of likely N-dealkylation sites (tertiary alicyclic amines) is 2. The highest BCUT2D eigenvalue weighted by molar-refractivity contribution is 7.80. The van der Waals surface area contributed by atoms with Gasteiger partial charge in [-0.2, -0.15) is 0 Å². The molecule has 0 bridgehead atoms. The molecule has 0 unspecified atom stereocenters. The topological polar surface area (TPSA) is 18.5 Å². The van der Waals surface area contributed by atoms with Gasteiger partial charge < -0.3 is 15.1 Å². The zero-order valence-electron chi connectivity index (χ0n) is 12.0. The Morgan fingerprint density at radius 2 is 2.10 bits per heavy atom. The minimum Gasteiger partial charge on any atom is -0.360 e. The van der Waals surface area contributed by atoms with E-state index >= 15 is 0 Å². The molecule has 0 aliphatic carbocycles. The van der Waals surface area contributed by atoms with Crippen LogP contribution in [0.4, 0.5) is 0 Å². The van der Waals surface area contributed by atoms with Crippen molar-refractivity contribution in [2.24, 2.45) is 0 Å². The molecule has 5 heteroatoms. The van der Waals surface area contributed by atoms with E-state index in [1.165, 1.54) is 43.6 Å². The van der Waals surface area contributed by atoms with Gasteiger partial charge in [-0.3, -0.25) is 0 Å². The van der Waals surface area contributed by atoms with Gasteiger partial charge >= 0.3 is 0 Å². The lowest BCUT2D eigenvalue weighted by Gasteiger charge is -2.34. The Bertz CT molecular complexity index is 438. The molecular formula is C15H23N3S2. The van der Waals surface area contributed by atoms with Gasteiger partial charge in [0.05, 0.1) is 6.04 Å². The molecule has 110 valence electrons. The lowest BCUT2D eigenvalue weighted by molar-refractivity contribution is 0.243. The van der Waals surface area contributed by atoms with Crippen LogP contribution in [0, 0.1) is 0 Å². The van der Waals surface area contributed by atoms with Gasteiger partial charge in [-0.15, -0.1) is 11.3 Å². The van der Waals surface area contributed by atoms with Crippen molar-refractivity contribution in [3.8, 4) is 0 Å². The van der Waals surface area contributed by atoms with E-state index in [4.69, 9.17) is 12.2 Å². The van der Waals surface area contributed by atoms with Crippen LogP contribution in [0.2, 0.25) is 0 Å². The minimum atomic E-state index is 0.501. The SMILES string of the molecule is CN1CCC(NC(=S)N2CCC[C@@H]2c2cccs2)CC1. The summed E-state index contributed by atoms with van der Waals surface area (Å²) < 4.78 is 0. The molecule has 0 saturated carbocycles. The highest BCUT2D eigenvalue weighted by Gasteiger charge is 2.29. The molecule has 2 aliphatic heterocycles. The summed E-state index contributed by atoms with van der Waals surface area (Å²) in [5.74, 6) is 0. The second kappa shape index (κ2) is 6.41. The lowest BCUT2D eigenvalue weighted by Crippen LogP contribution is -2.48. The van der Waals surface area contributed by atoms with Gasteiger partial charge in [0.15, 0.2) is 5.11 Å². The molecule has 3 rings (SSSR count). The molecule has 1 N–H and O–H groups in total. The predicted molar refractivity (Wildman–Crippen MR) is 89.3 cm³/mol. The van der Waals surface area contributed by atoms with E-state index in [2.05, 4.69) is 39.7 Å². The number of hydrogen-bond acceptors (Lipinski definition) is 3. The first-order chi connectivity index (χ1) is 9.74. The molecule has 3 nitrogen and oxygen atoms in total. The van der Waals surface area contributed by atoms with Crippen molar-refractivity contribution >= 4 is 28.7 Å². The van der Waals surface area contributed by atoms with Crippen molar-refractivity contribution in [2.45, 2.75) is 37.8 Å². The van der Waals surface area contributed by atoms with Crippen LogP contribution in [0.25, 0.3) is 0 Å². The van der Waals surface area contributed by atoms with E-state index in [0.29, 0.717) is 12.1 Å². The smallest absolute Gasteiger partial charge is 0.169 e. The normalized spacial score (nSPS) is 25.1. The maximum atomic E-state index is 5.68. The van der Waals surface area contributed by atoms with Gasteiger partial charge in [0.2, 0.25) is 0 Å². The Morgan fingerprint density at radius 1 is 1.30 bits per heavy atom. The largest absolute Gasteiger partial charge is 0.360 e.